The molecule has 1 atom stereocenters. The number of rotatable bonds is 56. The molecule has 0 amide bonds. The Labute approximate surface area is 452 Å². The molecule has 0 heterocycles. The summed E-state index contributed by atoms with van der Waals surface area (Å²) in [6.07, 6.45) is 80.3. The Kier molecular flexibility index (Phi) is 58.3. The maximum absolute atomic E-state index is 12.8. The average molecular weight is 1020 g/mol. The molecule has 6 nitrogen and oxygen atoms in total. The number of hydrogen-bond donors (Lipinski definition) is 0. The van der Waals surface area contributed by atoms with Gasteiger partial charge in [0.2, 0.25) is 0 Å². The van der Waals surface area contributed by atoms with Crippen LogP contribution in [0.2, 0.25) is 0 Å². The van der Waals surface area contributed by atoms with Gasteiger partial charge in [-0.1, -0.05) is 273 Å². The molecule has 0 saturated heterocycles. The van der Waals surface area contributed by atoms with Gasteiger partial charge in [-0.05, 0) is 96.3 Å². The Bertz CT molecular complexity index is 1400. The third kappa shape index (κ3) is 59.3. The van der Waals surface area contributed by atoms with E-state index < -0.39 is 6.10 Å². The van der Waals surface area contributed by atoms with Crippen LogP contribution in [0, 0.1) is 0 Å². The van der Waals surface area contributed by atoms with E-state index in [0.29, 0.717) is 19.3 Å². The zero-order chi connectivity index (χ0) is 52.9. The zero-order valence-electron chi connectivity index (χ0n) is 48.1. The molecule has 6 heteroatoms. The van der Waals surface area contributed by atoms with Crippen molar-refractivity contribution in [2.24, 2.45) is 0 Å². The Hall–Kier alpha value is -3.41. The van der Waals surface area contributed by atoms with Gasteiger partial charge in [0.15, 0.2) is 6.10 Å². The van der Waals surface area contributed by atoms with Gasteiger partial charge < -0.3 is 14.2 Å². The lowest BCUT2D eigenvalue weighted by Gasteiger charge is -2.18. The van der Waals surface area contributed by atoms with Crippen LogP contribution >= 0.6 is 0 Å². The Morgan fingerprint density at radius 1 is 0.288 bits per heavy atom. The quantitative estimate of drug-likeness (QED) is 0.0261. The summed E-state index contributed by atoms with van der Waals surface area (Å²) in [4.78, 5) is 38.1. The third-order valence-corrected chi connectivity index (χ3v) is 13.4. The zero-order valence-corrected chi connectivity index (χ0v) is 48.1. The third-order valence-electron chi connectivity index (χ3n) is 13.4. The van der Waals surface area contributed by atoms with Gasteiger partial charge in [0.05, 0.1) is 0 Å². The van der Waals surface area contributed by atoms with E-state index in [1.807, 2.05) is 0 Å². The fourth-order valence-corrected chi connectivity index (χ4v) is 8.74. The highest BCUT2D eigenvalue weighted by molar-refractivity contribution is 5.71. The van der Waals surface area contributed by atoms with Gasteiger partial charge in [-0.2, -0.15) is 0 Å². The molecule has 73 heavy (non-hydrogen) atoms. The normalized spacial score (nSPS) is 12.6. The number of carbonyl (C=O) groups excluding carboxylic acids is 3. The van der Waals surface area contributed by atoms with Gasteiger partial charge in [0, 0.05) is 19.3 Å². The van der Waals surface area contributed by atoms with Crippen LogP contribution in [0.25, 0.3) is 0 Å². The monoisotopic (exact) mass is 1020 g/mol. The summed E-state index contributed by atoms with van der Waals surface area (Å²) < 4.78 is 16.8. The van der Waals surface area contributed by atoms with Crippen LogP contribution in [-0.4, -0.2) is 37.2 Å². The van der Waals surface area contributed by atoms with Crippen LogP contribution in [0.15, 0.2) is 85.1 Å². The number of unbranched alkanes of at least 4 members (excludes halogenated alkanes) is 31. The number of allylic oxidation sites excluding steroid dienone is 14. The molecule has 1 unspecified atom stereocenters. The summed E-state index contributed by atoms with van der Waals surface area (Å²) in [6.45, 7) is 6.51. The fraction of sp³-hybridized carbons (Fsp3) is 0.746. The predicted molar refractivity (Wildman–Crippen MR) is 316 cm³/mol. The highest BCUT2D eigenvalue weighted by atomic mass is 16.6. The molecule has 420 valence electrons. The highest BCUT2D eigenvalue weighted by Gasteiger charge is 2.19. The van der Waals surface area contributed by atoms with Crippen molar-refractivity contribution in [3.05, 3.63) is 85.1 Å². The molecule has 0 saturated carbocycles. The second-order valence-corrected chi connectivity index (χ2v) is 20.6. The largest absolute Gasteiger partial charge is 0.462 e. The molecule has 0 spiro atoms. The highest BCUT2D eigenvalue weighted by Crippen LogP contribution is 2.16. The van der Waals surface area contributed by atoms with Crippen LogP contribution in [0.5, 0.6) is 0 Å². The van der Waals surface area contributed by atoms with Crippen molar-refractivity contribution >= 4 is 17.9 Å². The van der Waals surface area contributed by atoms with Crippen molar-refractivity contribution < 1.29 is 28.6 Å². The van der Waals surface area contributed by atoms with Gasteiger partial charge in [0.25, 0.3) is 0 Å². The summed E-state index contributed by atoms with van der Waals surface area (Å²) >= 11 is 0. The maximum atomic E-state index is 12.8. The first-order valence-corrected chi connectivity index (χ1v) is 31.1. The second kappa shape index (κ2) is 61.1. The molecule has 0 rings (SSSR count). The van der Waals surface area contributed by atoms with Crippen molar-refractivity contribution in [2.75, 3.05) is 13.2 Å². The van der Waals surface area contributed by atoms with Gasteiger partial charge in [-0.3, -0.25) is 14.4 Å². The summed E-state index contributed by atoms with van der Waals surface area (Å²) in [5, 5.41) is 0. The van der Waals surface area contributed by atoms with Crippen LogP contribution in [-0.2, 0) is 28.6 Å². The molecule has 0 aliphatic rings. The van der Waals surface area contributed by atoms with E-state index in [9.17, 15) is 14.4 Å². The molecule has 0 aromatic heterocycles. The summed E-state index contributed by atoms with van der Waals surface area (Å²) in [6, 6.07) is 0. The molecular weight excluding hydrogens is 901 g/mol. The molecule has 0 fully saturated rings. The van der Waals surface area contributed by atoms with Crippen LogP contribution in [0.3, 0.4) is 0 Å². The van der Waals surface area contributed by atoms with Crippen molar-refractivity contribution in [1.29, 1.82) is 0 Å². The molecule has 0 aromatic carbocycles. The molecule has 0 aliphatic heterocycles. The van der Waals surface area contributed by atoms with E-state index >= 15 is 0 Å². The topological polar surface area (TPSA) is 78.9 Å². The summed E-state index contributed by atoms with van der Waals surface area (Å²) in [5.41, 5.74) is 0. The number of esters is 3. The first kappa shape index (κ1) is 69.6. The van der Waals surface area contributed by atoms with Crippen molar-refractivity contribution in [1.82, 2.24) is 0 Å². The molecular formula is C67H116O6. The first-order chi connectivity index (χ1) is 36.0. The van der Waals surface area contributed by atoms with E-state index in [1.165, 1.54) is 154 Å². The van der Waals surface area contributed by atoms with Crippen molar-refractivity contribution in [2.45, 2.75) is 309 Å². The first-order valence-electron chi connectivity index (χ1n) is 31.1. The lowest BCUT2D eigenvalue weighted by atomic mass is 10.0. The van der Waals surface area contributed by atoms with Crippen LogP contribution in [0.4, 0.5) is 0 Å². The lowest BCUT2D eigenvalue weighted by Crippen LogP contribution is -2.30. The summed E-state index contributed by atoms with van der Waals surface area (Å²) in [5.74, 6) is -0.881. The van der Waals surface area contributed by atoms with Gasteiger partial charge >= 0.3 is 17.9 Å². The smallest absolute Gasteiger partial charge is 0.306 e. The Morgan fingerprint density at radius 3 is 0.849 bits per heavy atom. The second-order valence-electron chi connectivity index (χ2n) is 20.6. The molecule has 0 N–H and O–H groups in total. The number of ether oxygens (including phenoxy) is 3. The minimum absolute atomic E-state index is 0.0767. The van der Waals surface area contributed by atoms with E-state index in [-0.39, 0.29) is 31.1 Å². The molecule has 0 radical (unpaired) electrons. The van der Waals surface area contributed by atoms with Crippen molar-refractivity contribution in [3.63, 3.8) is 0 Å². The van der Waals surface area contributed by atoms with E-state index in [4.69, 9.17) is 14.2 Å². The van der Waals surface area contributed by atoms with E-state index in [2.05, 4.69) is 106 Å². The minimum Gasteiger partial charge on any atom is -0.462 e. The van der Waals surface area contributed by atoms with Crippen molar-refractivity contribution in [3.8, 4) is 0 Å². The lowest BCUT2D eigenvalue weighted by molar-refractivity contribution is -0.167. The minimum atomic E-state index is -0.778. The summed E-state index contributed by atoms with van der Waals surface area (Å²) in [7, 11) is 0. The SMILES string of the molecule is CC/C=C\C/C=C\C/C=C\C/C=C\C/C=C\C/C=C\CCCCCCCCCCCCCCC(=O)OCC(COC(=O)CCCCCCCCCCC)OC(=O)CCCCCCC/C=C\CCCCCCCC. The maximum Gasteiger partial charge on any atom is 0.306 e. The Morgan fingerprint density at radius 2 is 0.534 bits per heavy atom. The number of hydrogen-bond acceptors (Lipinski definition) is 6. The van der Waals surface area contributed by atoms with E-state index in [1.54, 1.807) is 0 Å². The standard InChI is InChI=1S/C67H116O6/c1-4-7-10-13-16-19-21-23-25-26-27-28-29-30-31-32-33-34-35-36-37-38-39-40-42-43-45-48-51-54-57-60-66(69)72-63-64(62-71-65(68)59-56-53-50-47-18-15-12-9-6-3)73-67(70)61-58-55-52-49-46-44-41-24-22-20-17-14-11-8-5-2/h7,10,16,19,23-25,27-28,30-31,33-34,41,64H,4-6,8-9,11-15,17-18,20-22,26,29,32,35-40,42-63H2,1-3H3/b10-7-,19-16-,25-23-,28-27-,31-30-,34-33-,41-24-. The molecule has 0 aliphatic carbocycles. The van der Waals surface area contributed by atoms with Gasteiger partial charge in [-0.15, -0.1) is 0 Å². The Balaban J connectivity index is 4.14. The molecule has 0 bridgehead atoms. The van der Waals surface area contributed by atoms with Gasteiger partial charge in [0.1, 0.15) is 13.2 Å². The van der Waals surface area contributed by atoms with Gasteiger partial charge in [-0.25, -0.2) is 0 Å². The van der Waals surface area contributed by atoms with E-state index in [0.717, 1.165) is 109 Å². The van der Waals surface area contributed by atoms with Crippen LogP contribution in [0.1, 0.15) is 303 Å². The predicted octanol–water partition coefficient (Wildman–Crippen LogP) is 21.1. The number of carbonyl (C=O) groups is 3. The molecule has 0 aromatic rings. The average Bonchev–Trinajstić information content (AvgIpc) is 3.39. The fourth-order valence-electron chi connectivity index (χ4n) is 8.74. The van der Waals surface area contributed by atoms with Crippen LogP contribution < -0.4 is 0 Å².